The van der Waals surface area contributed by atoms with E-state index >= 15 is 0 Å². The van der Waals surface area contributed by atoms with Gasteiger partial charge in [0.15, 0.2) is 0 Å². The summed E-state index contributed by atoms with van der Waals surface area (Å²) in [5.74, 6) is -0.186. The number of rotatable bonds is 7. The SMILES string of the molecule is CCC1CCC(C(=O)O)C(N(CC)C(C)COC)C1. The molecular formula is C15H29NO3. The molecule has 1 rings (SSSR count). The maximum atomic E-state index is 11.5. The molecule has 4 nitrogen and oxygen atoms in total. The number of methoxy groups -OCH3 is 1. The van der Waals surface area contributed by atoms with E-state index in [1.807, 2.05) is 0 Å². The lowest BCUT2D eigenvalue weighted by Crippen LogP contribution is -2.51. The fraction of sp³-hybridized carbons (Fsp3) is 0.933. The van der Waals surface area contributed by atoms with E-state index in [0.29, 0.717) is 12.5 Å². The van der Waals surface area contributed by atoms with E-state index in [0.717, 1.165) is 32.2 Å². The zero-order chi connectivity index (χ0) is 14.4. The lowest BCUT2D eigenvalue weighted by atomic mass is 9.76. The Kier molecular flexibility index (Phi) is 6.80. The fourth-order valence-corrected chi connectivity index (χ4v) is 3.47. The zero-order valence-electron chi connectivity index (χ0n) is 12.8. The zero-order valence-corrected chi connectivity index (χ0v) is 12.8. The summed E-state index contributed by atoms with van der Waals surface area (Å²) in [5, 5.41) is 9.47. The van der Waals surface area contributed by atoms with Crippen molar-refractivity contribution in [2.75, 3.05) is 20.3 Å². The highest BCUT2D eigenvalue weighted by Gasteiger charge is 2.38. The van der Waals surface area contributed by atoms with Crippen LogP contribution in [0.1, 0.15) is 46.5 Å². The molecule has 0 amide bonds. The highest BCUT2D eigenvalue weighted by molar-refractivity contribution is 5.71. The van der Waals surface area contributed by atoms with Crippen LogP contribution in [0.4, 0.5) is 0 Å². The Morgan fingerprint density at radius 1 is 1.42 bits per heavy atom. The molecule has 0 heterocycles. The molecule has 4 heteroatoms. The summed E-state index contributed by atoms with van der Waals surface area (Å²) >= 11 is 0. The highest BCUT2D eigenvalue weighted by atomic mass is 16.5. The van der Waals surface area contributed by atoms with Gasteiger partial charge in [-0.25, -0.2) is 0 Å². The Morgan fingerprint density at radius 3 is 2.58 bits per heavy atom. The van der Waals surface area contributed by atoms with Gasteiger partial charge in [0.1, 0.15) is 0 Å². The lowest BCUT2D eigenvalue weighted by molar-refractivity contribution is -0.147. The standard InChI is InChI=1S/C15H29NO3/c1-5-12-7-8-13(15(17)18)14(9-12)16(6-2)11(3)10-19-4/h11-14H,5-10H2,1-4H3,(H,17,18). The van der Waals surface area contributed by atoms with E-state index < -0.39 is 5.97 Å². The summed E-state index contributed by atoms with van der Waals surface area (Å²) in [6.45, 7) is 7.99. The summed E-state index contributed by atoms with van der Waals surface area (Å²) in [7, 11) is 1.70. The molecule has 0 aliphatic heterocycles. The van der Waals surface area contributed by atoms with Crippen molar-refractivity contribution in [3.63, 3.8) is 0 Å². The Balaban J connectivity index is 2.83. The summed E-state index contributed by atoms with van der Waals surface area (Å²) in [5.41, 5.74) is 0. The summed E-state index contributed by atoms with van der Waals surface area (Å²) in [4.78, 5) is 13.8. The van der Waals surface area contributed by atoms with Gasteiger partial charge in [-0.3, -0.25) is 9.69 Å². The van der Waals surface area contributed by atoms with Crippen molar-refractivity contribution >= 4 is 5.97 Å². The predicted octanol–water partition coefficient (Wildman–Crippen LogP) is 2.62. The maximum absolute atomic E-state index is 11.5. The summed E-state index contributed by atoms with van der Waals surface area (Å²) < 4.78 is 5.24. The number of hydrogen-bond acceptors (Lipinski definition) is 3. The van der Waals surface area contributed by atoms with Crippen LogP contribution in [0.3, 0.4) is 0 Å². The third-order valence-electron chi connectivity index (χ3n) is 4.58. The van der Waals surface area contributed by atoms with Crippen LogP contribution in [0.15, 0.2) is 0 Å². The smallest absolute Gasteiger partial charge is 0.308 e. The molecule has 1 aliphatic rings. The molecular weight excluding hydrogens is 242 g/mol. The van der Waals surface area contributed by atoms with Gasteiger partial charge in [-0.15, -0.1) is 0 Å². The van der Waals surface area contributed by atoms with Crippen LogP contribution in [0.2, 0.25) is 0 Å². The monoisotopic (exact) mass is 271 g/mol. The highest BCUT2D eigenvalue weighted by Crippen LogP contribution is 2.35. The van der Waals surface area contributed by atoms with Crippen LogP contribution in [0, 0.1) is 11.8 Å². The lowest BCUT2D eigenvalue weighted by Gasteiger charge is -2.43. The van der Waals surface area contributed by atoms with Gasteiger partial charge >= 0.3 is 5.97 Å². The number of aliphatic carboxylic acids is 1. The van der Waals surface area contributed by atoms with E-state index in [2.05, 4.69) is 25.7 Å². The third kappa shape index (κ3) is 4.18. The van der Waals surface area contributed by atoms with Crippen LogP contribution >= 0.6 is 0 Å². The number of carboxylic acids is 1. The molecule has 112 valence electrons. The minimum Gasteiger partial charge on any atom is -0.481 e. The van der Waals surface area contributed by atoms with Gasteiger partial charge in [0.25, 0.3) is 0 Å². The first-order valence-corrected chi connectivity index (χ1v) is 7.52. The molecule has 0 spiro atoms. The molecule has 1 saturated carbocycles. The van der Waals surface area contributed by atoms with Crippen molar-refractivity contribution in [1.82, 2.24) is 4.90 Å². The van der Waals surface area contributed by atoms with Crippen LogP contribution in [0.5, 0.6) is 0 Å². The average molecular weight is 271 g/mol. The maximum Gasteiger partial charge on any atom is 0.308 e. The number of ether oxygens (including phenoxy) is 1. The van der Waals surface area contributed by atoms with Crippen molar-refractivity contribution < 1.29 is 14.6 Å². The topological polar surface area (TPSA) is 49.8 Å². The Morgan fingerprint density at radius 2 is 2.11 bits per heavy atom. The largest absolute Gasteiger partial charge is 0.481 e. The first kappa shape index (κ1) is 16.4. The van der Waals surface area contributed by atoms with Gasteiger partial charge in [-0.1, -0.05) is 20.3 Å². The van der Waals surface area contributed by atoms with Crippen LogP contribution in [0.25, 0.3) is 0 Å². The fourth-order valence-electron chi connectivity index (χ4n) is 3.47. The van der Waals surface area contributed by atoms with Gasteiger partial charge in [-0.2, -0.15) is 0 Å². The molecule has 0 aromatic rings. The van der Waals surface area contributed by atoms with Gasteiger partial charge in [-0.05, 0) is 38.6 Å². The first-order chi connectivity index (χ1) is 9.04. The molecule has 1 N–H and O–H groups in total. The Bertz CT molecular complexity index is 283. The molecule has 0 radical (unpaired) electrons. The molecule has 1 aliphatic carbocycles. The van der Waals surface area contributed by atoms with Crippen LogP contribution in [-0.2, 0) is 9.53 Å². The second-order valence-electron chi connectivity index (χ2n) is 5.73. The normalized spacial score (nSPS) is 29.4. The van der Waals surface area contributed by atoms with E-state index in [4.69, 9.17) is 4.74 Å². The molecule has 19 heavy (non-hydrogen) atoms. The molecule has 0 aromatic carbocycles. The molecule has 0 saturated heterocycles. The average Bonchev–Trinajstić information content (AvgIpc) is 2.39. The molecule has 4 unspecified atom stereocenters. The van der Waals surface area contributed by atoms with Gasteiger partial charge in [0.05, 0.1) is 12.5 Å². The predicted molar refractivity (Wildman–Crippen MR) is 76.3 cm³/mol. The van der Waals surface area contributed by atoms with Gasteiger partial charge in [0, 0.05) is 19.2 Å². The second-order valence-corrected chi connectivity index (χ2v) is 5.73. The van der Waals surface area contributed by atoms with Crippen molar-refractivity contribution in [3.8, 4) is 0 Å². The van der Waals surface area contributed by atoms with E-state index in [-0.39, 0.29) is 18.0 Å². The van der Waals surface area contributed by atoms with Crippen molar-refractivity contribution in [2.24, 2.45) is 11.8 Å². The summed E-state index contributed by atoms with van der Waals surface area (Å²) in [6, 6.07) is 0.434. The first-order valence-electron chi connectivity index (χ1n) is 7.52. The minimum absolute atomic E-state index is 0.159. The third-order valence-corrected chi connectivity index (χ3v) is 4.58. The number of carboxylic acid groups (broad SMARTS) is 1. The Hall–Kier alpha value is -0.610. The van der Waals surface area contributed by atoms with Crippen LogP contribution in [-0.4, -0.2) is 48.3 Å². The van der Waals surface area contributed by atoms with Crippen molar-refractivity contribution in [3.05, 3.63) is 0 Å². The van der Waals surface area contributed by atoms with Crippen LogP contribution < -0.4 is 0 Å². The molecule has 0 bridgehead atoms. The molecule has 0 aromatic heterocycles. The van der Waals surface area contributed by atoms with Crippen molar-refractivity contribution in [2.45, 2.75) is 58.5 Å². The van der Waals surface area contributed by atoms with E-state index in [1.54, 1.807) is 7.11 Å². The molecule has 4 atom stereocenters. The van der Waals surface area contributed by atoms with Crippen molar-refractivity contribution in [1.29, 1.82) is 0 Å². The number of carbonyl (C=O) groups is 1. The van der Waals surface area contributed by atoms with Gasteiger partial charge < -0.3 is 9.84 Å². The number of hydrogen-bond donors (Lipinski definition) is 1. The minimum atomic E-state index is -0.636. The Labute approximate surface area is 117 Å². The second kappa shape index (κ2) is 7.85. The van der Waals surface area contributed by atoms with E-state index in [9.17, 15) is 9.90 Å². The number of nitrogens with zero attached hydrogens (tertiary/aromatic N) is 1. The summed E-state index contributed by atoms with van der Waals surface area (Å²) in [6.07, 6.45) is 4.03. The van der Waals surface area contributed by atoms with Gasteiger partial charge in [0.2, 0.25) is 0 Å². The molecule has 1 fully saturated rings. The van der Waals surface area contributed by atoms with E-state index in [1.165, 1.54) is 0 Å². The number of likely N-dealkylation sites (N-methyl/N-ethyl adjacent to an activating group) is 1. The quantitative estimate of drug-likeness (QED) is 0.773.